The van der Waals surface area contributed by atoms with Crippen LogP contribution in [0.4, 0.5) is 11.4 Å². The third-order valence-corrected chi connectivity index (χ3v) is 5.99. The van der Waals surface area contributed by atoms with E-state index in [0.29, 0.717) is 22.5 Å². The highest BCUT2D eigenvalue weighted by atomic mass is 127. The summed E-state index contributed by atoms with van der Waals surface area (Å²) in [6, 6.07) is 25.2. The Labute approximate surface area is 191 Å². The molecule has 0 bridgehead atoms. The molecular weight excluding hydrogens is 503 g/mol. The van der Waals surface area contributed by atoms with Gasteiger partial charge in [0.05, 0.1) is 16.8 Å². The van der Waals surface area contributed by atoms with Crippen molar-refractivity contribution in [3.05, 3.63) is 105 Å². The maximum absolute atomic E-state index is 13.0. The number of halogens is 1. The lowest BCUT2D eigenvalue weighted by molar-refractivity contribution is 0.0925. The Morgan fingerprint density at radius 2 is 1.48 bits per heavy atom. The molecule has 1 heterocycles. The van der Waals surface area contributed by atoms with Crippen molar-refractivity contribution < 1.29 is 14.4 Å². The summed E-state index contributed by atoms with van der Waals surface area (Å²) in [5.41, 5.74) is 2.04. The first-order valence-electron chi connectivity index (χ1n) is 9.60. The number of fused-ring (bicyclic) bond motifs is 2. The first kappa shape index (κ1) is 19.4. The Hall–Kier alpha value is -3.52. The normalized spacial score (nSPS) is 12.9. The molecule has 0 radical (unpaired) electrons. The number of amides is 3. The number of anilines is 2. The van der Waals surface area contributed by atoms with Crippen molar-refractivity contribution >= 4 is 62.5 Å². The number of carbonyl (C=O) groups is 3. The Kier molecular flexibility index (Phi) is 4.78. The highest BCUT2D eigenvalue weighted by molar-refractivity contribution is 14.1. The molecule has 0 aliphatic carbocycles. The molecular formula is C25H15IN2O3. The molecule has 0 unspecified atom stereocenters. The number of nitrogens with one attached hydrogen (secondary N) is 1. The molecule has 4 aromatic rings. The van der Waals surface area contributed by atoms with E-state index < -0.39 is 5.91 Å². The summed E-state index contributed by atoms with van der Waals surface area (Å²) < 4.78 is 1.00. The topological polar surface area (TPSA) is 66.5 Å². The van der Waals surface area contributed by atoms with Crippen molar-refractivity contribution in [2.45, 2.75) is 0 Å². The number of imide groups is 1. The molecule has 5 nitrogen and oxygen atoms in total. The van der Waals surface area contributed by atoms with E-state index >= 15 is 0 Å². The van der Waals surface area contributed by atoms with Crippen LogP contribution >= 0.6 is 22.6 Å². The van der Waals surface area contributed by atoms with Crippen molar-refractivity contribution in [1.82, 2.24) is 0 Å². The number of hydrogen-bond acceptors (Lipinski definition) is 3. The fraction of sp³-hybridized carbons (Fsp3) is 0. The van der Waals surface area contributed by atoms with E-state index in [1.54, 1.807) is 24.3 Å². The van der Waals surface area contributed by atoms with Crippen molar-refractivity contribution in [3.63, 3.8) is 0 Å². The molecule has 0 saturated heterocycles. The zero-order valence-electron chi connectivity index (χ0n) is 16.1. The molecule has 5 rings (SSSR count). The molecule has 4 aromatic carbocycles. The van der Waals surface area contributed by atoms with Crippen LogP contribution in [0.1, 0.15) is 31.1 Å². The highest BCUT2D eigenvalue weighted by Gasteiger charge is 2.37. The summed E-state index contributed by atoms with van der Waals surface area (Å²) in [6.07, 6.45) is 0. The van der Waals surface area contributed by atoms with Crippen LogP contribution in [0.5, 0.6) is 0 Å². The average Bonchev–Trinajstić information content (AvgIpc) is 3.04. The lowest BCUT2D eigenvalue weighted by Crippen LogP contribution is -2.29. The minimum atomic E-state index is -0.430. The maximum Gasteiger partial charge on any atom is 0.266 e. The number of hydrogen-bond donors (Lipinski definition) is 1. The molecule has 0 spiro atoms. The predicted octanol–water partition coefficient (Wildman–Crippen LogP) is 5.50. The molecule has 1 aliphatic heterocycles. The van der Waals surface area contributed by atoms with Gasteiger partial charge in [-0.3, -0.25) is 14.4 Å². The molecule has 31 heavy (non-hydrogen) atoms. The van der Waals surface area contributed by atoms with Gasteiger partial charge in [0.2, 0.25) is 0 Å². The first-order valence-corrected chi connectivity index (χ1v) is 10.7. The Bertz CT molecular complexity index is 1370. The van der Waals surface area contributed by atoms with Gasteiger partial charge in [-0.2, -0.15) is 0 Å². The molecule has 3 amide bonds. The minimum Gasteiger partial charge on any atom is -0.321 e. The molecule has 150 valence electrons. The summed E-state index contributed by atoms with van der Waals surface area (Å²) >= 11 is 2.16. The second kappa shape index (κ2) is 7.63. The second-order valence-electron chi connectivity index (χ2n) is 7.16. The fourth-order valence-electron chi connectivity index (χ4n) is 3.74. The van der Waals surface area contributed by atoms with Gasteiger partial charge in [0.15, 0.2) is 0 Å². The van der Waals surface area contributed by atoms with Gasteiger partial charge < -0.3 is 5.32 Å². The van der Waals surface area contributed by atoms with E-state index in [9.17, 15) is 14.4 Å². The van der Waals surface area contributed by atoms with Crippen LogP contribution in [0.2, 0.25) is 0 Å². The fourth-order valence-corrected chi connectivity index (χ4v) is 4.10. The Morgan fingerprint density at radius 1 is 0.774 bits per heavy atom. The van der Waals surface area contributed by atoms with Crippen molar-refractivity contribution in [2.75, 3.05) is 10.2 Å². The number of rotatable bonds is 3. The first-order chi connectivity index (χ1) is 15.0. The summed E-state index contributed by atoms with van der Waals surface area (Å²) in [4.78, 5) is 39.8. The third-order valence-electron chi connectivity index (χ3n) is 5.27. The van der Waals surface area contributed by atoms with E-state index in [1.165, 1.54) is 6.07 Å². The SMILES string of the molecule is O=C(Nc1cccc2ccccc12)c1ccc2c(c1)C(=O)N(c1ccc(I)cc1)C2=O. The van der Waals surface area contributed by atoms with E-state index in [0.717, 1.165) is 19.2 Å². The van der Waals surface area contributed by atoms with Crippen LogP contribution in [-0.2, 0) is 0 Å². The van der Waals surface area contributed by atoms with Gasteiger partial charge in [-0.25, -0.2) is 4.90 Å². The molecule has 1 aliphatic rings. The average molecular weight is 518 g/mol. The quantitative estimate of drug-likeness (QED) is 0.288. The van der Waals surface area contributed by atoms with Crippen LogP contribution in [0.3, 0.4) is 0 Å². The van der Waals surface area contributed by atoms with Gasteiger partial charge in [0.25, 0.3) is 17.7 Å². The van der Waals surface area contributed by atoms with Crippen molar-refractivity contribution in [1.29, 1.82) is 0 Å². The Balaban J connectivity index is 1.46. The molecule has 6 heteroatoms. The summed E-state index contributed by atoms with van der Waals surface area (Å²) in [7, 11) is 0. The number of benzene rings is 4. The van der Waals surface area contributed by atoms with Gasteiger partial charge in [-0.15, -0.1) is 0 Å². The molecule has 0 saturated carbocycles. The zero-order chi connectivity index (χ0) is 21.5. The van der Waals surface area contributed by atoms with Crippen molar-refractivity contribution in [2.24, 2.45) is 0 Å². The van der Waals surface area contributed by atoms with Gasteiger partial charge in [-0.05, 0) is 76.5 Å². The van der Waals surface area contributed by atoms with Crippen LogP contribution < -0.4 is 10.2 Å². The predicted molar refractivity (Wildman–Crippen MR) is 129 cm³/mol. The van der Waals surface area contributed by atoms with Gasteiger partial charge >= 0.3 is 0 Å². The summed E-state index contributed by atoms with van der Waals surface area (Å²) in [5.74, 6) is -1.16. The summed E-state index contributed by atoms with van der Waals surface area (Å²) in [5, 5.41) is 4.86. The molecule has 1 N–H and O–H groups in total. The lowest BCUT2D eigenvalue weighted by atomic mass is 10.0. The Morgan fingerprint density at radius 3 is 2.29 bits per heavy atom. The van der Waals surface area contributed by atoms with E-state index in [4.69, 9.17) is 0 Å². The third kappa shape index (κ3) is 3.38. The lowest BCUT2D eigenvalue weighted by Gasteiger charge is -2.13. The molecule has 0 aromatic heterocycles. The van der Waals surface area contributed by atoms with Crippen LogP contribution in [0.25, 0.3) is 10.8 Å². The zero-order valence-corrected chi connectivity index (χ0v) is 18.3. The summed E-state index contributed by atoms with van der Waals surface area (Å²) in [6.45, 7) is 0. The van der Waals surface area contributed by atoms with Gasteiger partial charge in [0.1, 0.15) is 0 Å². The monoisotopic (exact) mass is 518 g/mol. The largest absolute Gasteiger partial charge is 0.321 e. The van der Waals surface area contributed by atoms with Crippen LogP contribution in [0, 0.1) is 3.57 Å². The number of nitrogens with zero attached hydrogens (tertiary/aromatic N) is 1. The van der Waals surface area contributed by atoms with Gasteiger partial charge in [0, 0.05) is 20.2 Å². The maximum atomic E-state index is 13.0. The van der Waals surface area contributed by atoms with Crippen LogP contribution in [0.15, 0.2) is 84.9 Å². The van der Waals surface area contributed by atoms with E-state index in [1.807, 2.05) is 54.6 Å². The molecule has 0 fully saturated rings. The second-order valence-corrected chi connectivity index (χ2v) is 8.41. The minimum absolute atomic E-state index is 0.231. The smallest absolute Gasteiger partial charge is 0.266 e. The van der Waals surface area contributed by atoms with E-state index in [-0.39, 0.29) is 17.4 Å². The molecule has 0 atom stereocenters. The van der Waals surface area contributed by atoms with Gasteiger partial charge in [-0.1, -0.05) is 36.4 Å². The number of carbonyl (C=O) groups excluding carboxylic acids is 3. The standard InChI is InChI=1S/C25H15IN2O3/c26-17-9-11-18(12-10-17)28-24(30)20-13-8-16(14-21(20)25(28)31)23(29)27-22-7-3-5-15-4-1-2-6-19(15)22/h1-14H,(H,27,29). The highest BCUT2D eigenvalue weighted by Crippen LogP contribution is 2.30. The van der Waals surface area contributed by atoms with E-state index in [2.05, 4.69) is 27.9 Å². The van der Waals surface area contributed by atoms with Crippen molar-refractivity contribution in [3.8, 4) is 0 Å². The van der Waals surface area contributed by atoms with Crippen LogP contribution in [-0.4, -0.2) is 17.7 Å².